The van der Waals surface area contributed by atoms with Crippen LogP contribution in [0.25, 0.3) is 22.1 Å². The quantitative estimate of drug-likeness (QED) is 0.370. The largest absolute Gasteiger partial charge is 0.508 e. The number of hydrogen-bond donors (Lipinski definition) is 5. The first-order valence-corrected chi connectivity index (χ1v) is 9.73. The van der Waals surface area contributed by atoms with Crippen LogP contribution in [0.2, 0.25) is 0 Å². The van der Waals surface area contributed by atoms with E-state index in [2.05, 4.69) is 0 Å². The summed E-state index contributed by atoms with van der Waals surface area (Å²) >= 11 is 0. The van der Waals surface area contributed by atoms with Gasteiger partial charge >= 0.3 is 0 Å². The van der Waals surface area contributed by atoms with Crippen LogP contribution in [-0.4, -0.2) is 70.0 Å². The van der Waals surface area contributed by atoms with Crippen molar-refractivity contribution in [2.75, 3.05) is 13.7 Å². The predicted octanol–water partition coefficient (Wildman–Crippen LogP) is 0.353. The van der Waals surface area contributed by atoms with Crippen LogP contribution in [0.1, 0.15) is 0 Å². The van der Waals surface area contributed by atoms with E-state index in [-0.39, 0.29) is 33.5 Å². The number of phenolic OH excluding ortho intramolecular Hbond substituents is 1. The van der Waals surface area contributed by atoms with Gasteiger partial charge in [0.2, 0.25) is 6.29 Å². The van der Waals surface area contributed by atoms with Crippen molar-refractivity contribution in [3.63, 3.8) is 0 Å². The summed E-state index contributed by atoms with van der Waals surface area (Å²) in [6.07, 6.45) is -5.88. The minimum atomic E-state index is -1.58. The monoisotopic (exact) mass is 446 g/mol. The SMILES string of the molecule is COc1cc(O)cc(-c2coc3cc(O[C@H]4O[C@@H](CO)[C@H](O)[C@@H](O)[C@@H]4O)ccc3c2=O)c1. The summed E-state index contributed by atoms with van der Waals surface area (Å²) in [6, 6.07) is 8.74. The summed E-state index contributed by atoms with van der Waals surface area (Å²) in [5.74, 6) is 0.474. The van der Waals surface area contributed by atoms with Gasteiger partial charge in [0, 0.05) is 12.1 Å². The summed E-state index contributed by atoms with van der Waals surface area (Å²) in [5.41, 5.74) is 0.472. The molecule has 0 bridgehead atoms. The van der Waals surface area contributed by atoms with Crippen molar-refractivity contribution in [2.45, 2.75) is 30.7 Å². The Morgan fingerprint density at radius 3 is 2.50 bits per heavy atom. The van der Waals surface area contributed by atoms with Gasteiger partial charge in [0.05, 0.1) is 24.7 Å². The molecule has 0 unspecified atom stereocenters. The third-order valence-electron chi connectivity index (χ3n) is 5.28. The average molecular weight is 446 g/mol. The van der Waals surface area contributed by atoms with Crippen LogP contribution in [0.15, 0.2) is 51.9 Å². The van der Waals surface area contributed by atoms with Gasteiger partial charge in [-0.25, -0.2) is 0 Å². The molecule has 5 N–H and O–H groups in total. The molecule has 10 nitrogen and oxygen atoms in total. The molecule has 1 aliphatic heterocycles. The van der Waals surface area contributed by atoms with E-state index in [0.29, 0.717) is 11.3 Å². The van der Waals surface area contributed by atoms with Crippen LogP contribution in [0.4, 0.5) is 0 Å². The molecule has 32 heavy (non-hydrogen) atoms. The van der Waals surface area contributed by atoms with Gasteiger partial charge in [-0.2, -0.15) is 0 Å². The Kier molecular flexibility index (Phi) is 6.04. The third kappa shape index (κ3) is 4.01. The fourth-order valence-electron chi connectivity index (χ4n) is 3.54. The van der Waals surface area contributed by atoms with Gasteiger partial charge in [-0.15, -0.1) is 0 Å². The highest BCUT2D eigenvalue weighted by atomic mass is 16.7. The average Bonchev–Trinajstić information content (AvgIpc) is 2.79. The van der Waals surface area contributed by atoms with Gasteiger partial charge in [-0.1, -0.05) is 0 Å². The number of benzene rings is 2. The zero-order chi connectivity index (χ0) is 23.0. The lowest BCUT2D eigenvalue weighted by molar-refractivity contribution is -0.277. The fourth-order valence-corrected chi connectivity index (χ4v) is 3.54. The second-order valence-electron chi connectivity index (χ2n) is 7.37. The van der Waals surface area contributed by atoms with Crippen LogP contribution in [-0.2, 0) is 4.74 Å². The van der Waals surface area contributed by atoms with E-state index in [9.17, 15) is 30.3 Å². The number of aliphatic hydroxyl groups excluding tert-OH is 4. The lowest BCUT2D eigenvalue weighted by Crippen LogP contribution is -2.60. The molecule has 0 radical (unpaired) electrons. The van der Waals surface area contributed by atoms with Gasteiger partial charge in [0.1, 0.15) is 53.5 Å². The van der Waals surface area contributed by atoms with Crippen molar-refractivity contribution in [3.8, 4) is 28.4 Å². The Labute approximate surface area is 181 Å². The molecule has 5 atom stereocenters. The molecular weight excluding hydrogens is 424 g/mol. The predicted molar refractivity (Wildman–Crippen MR) is 111 cm³/mol. The van der Waals surface area contributed by atoms with Crippen LogP contribution >= 0.6 is 0 Å². The van der Waals surface area contributed by atoms with Crippen molar-refractivity contribution >= 4 is 11.0 Å². The zero-order valence-corrected chi connectivity index (χ0v) is 16.9. The Bertz CT molecular complexity index is 1170. The molecule has 10 heteroatoms. The van der Waals surface area contributed by atoms with E-state index >= 15 is 0 Å². The first-order chi connectivity index (χ1) is 15.3. The van der Waals surface area contributed by atoms with Crippen LogP contribution in [0.3, 0.4) is 0 Å². The van der Waals surface area contributed by atoms with Gasteiger partial charge in [-0.05, 0) is 29.8 Å². The second-order valence-corrected chi connectivity index (χ2v) is 7.37. The Hall–Kier alpha value is -3.15. The molecule has 1 aliphatic rings. The van der Waals surface area contributed by atoms with Crippen LogP contribution in [0, 0.1) is 0 Å². The van der Waals surface area contributed by atoms with Gasteiger partial charge < -0.3 is 44.2 Å². The van der Waals surface area contributed by atoms with Gasteiger partial charge in [0.25, 0.3) is 0 Å². The number of aromatic hydroxyl groups is 1. The molecule has 3 aromatic rings. The lowest BCUT2D eigenvalue weighted by atomic mass is 9.99. The number of hydrogen-bond acceptors (Lipinski definition) is 10. The van der Waals surface area contributed by atoms with Crippen molar-refractivity contribution in [1.82, 2.24) is 0 Å². The first kappa shape index (κ1) is 22.1. The number of fused-ring (bicyclic) bond motifs is 1. The Balaban J connectivity index is 1.64. The third-order valence-corrected chi connectivity index (χ3v) is 5.28. The Morgan fingerprint density at radius 2 is 1.78 bits per heavy atom. The molecule has 1 fully saturated rings. The van der Waals surface area contributed by atoms with E-state index < -0.39 is 37.3 Å². The summed E-state index contributed by atoms with van der Waals surface area (Å²) in [5, 5.41) is 49.3. The molecule has 0 amide bonds. The number of methoxy groups -OCH3 is 1. The maximum atomic E-state index is 13.0. The topological polar surface area (TPSA) is 159 Å². The molecule has 170 valence electrons. The molecule has 1 aromatic heterocycles. The standard InChI is InChI=1S/C22H22O10/c1-29-13-5-10(4-11(24)6-13)15-9-30-16-7-12(2-3-14(16)18(15)25)31-22-21(28)20(27)19(26)17(8-23)32-22/h2-7,9,17,19-24,26-28H,8H2,1H3/t17-,19-,20+,21-,22-/m0/s1. The van der Waals surface area contributed by atoms with Crippen molar-refractivity contribution in [2.24, 2.45) is 0 Å². The van der Waals surface area contributed by atoms with Crippen LogP contribution < -0.4 is 14.9 Å². The van der Waals surface area contributed by atoms with Crippen molar-refractivity contribution in [1.29, 1.82) is 0 Å². The fraction of sp³-hybridized carbons (Fsp3) is 0.318. The maximum absolute atomic E-state index is 13.0. The zero-order valence-electron chi connectivity index (χ0n) is 16.9. The lowest BCUT2D eigenvalue weighted by Gasteiger charge is -2.39. The molecule has 2 heterocycles. The minimum absolute atomic E-state index is 0.0675. The number of aliphatic hydroxyl groups is 4. The summed E-state index contributed by atoms with van der Waals surface area (Å²) < 4.78 is 21.6. The molecule has 0 spiro atoms. The van der Waals surface area contributed by atoms with Gasteiger partial charge in [0.15, 0.2) is 5.43 Å². The number of ether oxygens (including phenoxy) is 3. The molecule has 0 saturated carbocycles. The molecule has 2 aromatic carbocycles. The normalized spacial score (nSPS) is 25.6. The van der Waals surface area contributed by atoms with E-state index in [1.807, 2.05) is 0 Å². The second kappa shape index (κ2) is 8.77. The van der Waals surface area contributed by atoms with E-state index in [0.717, 1.165) is 0 Å². The molecule has 4 rings (SSSR count). The highest BCUT2D eigenvalue weighted by molar-refractivity contribution is 5.83. The molecular formula is C22H22O10. The maximum Gasteiger partial charge on any atom is 0.229 e. The summed E-state index contributed by atoms with van der Waals surface area (Å²) in [4.78, 5) is 13.0. The summed E-state index contributed by atoms with van der Waals surface area (Å²) in [7, 11) is 1.44. The van der Waals surface area contributed by atoms with Gasteiger partial charge in [-0.3, -0.25) is 4.79 Å². The highest BCUT2D eigenvalue weighted by Gasteiger charge is 2.44. The summed E-state index contributed by atoms with van der Waals surface area (Å²) in [6.45, 7) is -0.583. The molecule has 1 saturated heterocycles. The van der Waals surface area contributed by atoms with E-state index in [1.165, 1.54) is 43.7 Å². The smallest absolute Gasteiger partial charge is 0.229 e. The Morgan fingerprint density at radius 1 is 1.00 bits per heavy atom. The van der Waals surface area contributed by atoms with Crippen molar-refractivity contribution in [3.05, 3.63) is 52.9 Å². The molecule has 0 aliphatic carbocycles. The van der Waals surface area contributed by atoms with E-state index in [4.69, 9.17) is 18.6 Å². The minimum Gasteiger partial charge on any atom is -0.508 e. The number of rotatable bonds is 5. The highest BCUT2D eigenvalue weighted by Crippen LogP contribution is 2.30. The van der Waals surface area contributed by atoms with Crippen LogP contribution in [0.5, 0.6) is 17.2 Å². The van der Waals surface area contributed by atoms with Crippen molar-refractivity contribution < 1.29 is 44.2 Å². The first-order valence-electron chi connectivity index (χ1n) is 9.73. The number of phenols is 1. The van der Waals surface area contributed by atoms with E-state index in [1.54, 1.807) is 6.07 Å².